The standard InChI is InChI=1S/C15H17N3O2/c1-10-9-12-5-3-4-6-13(12)18(10)15(20)11(2)17-14(19)7-8-16/h3-6,10-11H,7,9H2,1-2H3,(H,17,19)/t10-,11+/m0/s1. The zero-order valence-corrected chi connectivity index (χ0v) is 11.6. The molecule has 1 aromatic rings. The summed E-state index contributed by atoms with van der Waals surface area (Å²) in [5.41, 5.74) is 2.05. The van der Waals surface area contributed by atoms with Crippen molar-refractivity contribution in [1.82, 2.24) is 5.32 Å². The van der Waals surface area contributed by atoms with E-state index in [1.807, 2.05) is 31.2 Å². The Morgan fingerprint density at radius 1 is 1.50 bits per heavy atom. The summed E-state index contributed by atoms with van der Waals surface area (Å²) in [6.07, 6.45) is 0.588. The smallest absolute Gasteiger partial charge is 0.249 e. The molecule has 2 rings (SSSR count). The number of para-hydroxylation sites is 1. The topological polar surface area (TPSA) is 73.2 Å². The van der Waals surface area contributed by atoms with Crippen molar-refractivity contribution in [3.05, 3.63) is 29.8 Å². The third kappa shape index (κ3) is 2.64. The molecule has 1 N–H and O–H groups in total. The molecule has 1 aliphatic heterocycles. The van der Waals surface area contributed by atoms with Crippen LogP contribution in [-0.4, -0.2) is 23.9 Å². The number of carbonyl (C=O) groups excluding carboxylic acids is 2. The lowest BCUT2D eigenvalue weighted by atomic mass is 10.1. The number of anilines is 1. The van der Waals surface area contributed by atoms with E-state index in [2.05, 4.69) is 5.32 Å². The van der Waals surface area contributed by atoms with Crippen molar-refractivity contribution in [3.63, 3.8) is 0 Å². The van der Waals surface area contributed by atoms with Gasteiger partial charge in [-0.1, -0.05) is 18.2 Å². The quantitative estimate of drug-likeness (QED) is 0.902. The van der Waals surface area contributed by atoms with Gasteiger partial charge >= 0.3 is 0 Å². The third-order valence-corrected chi connectivity index (χ3v) is 3.43. The van der Waals surface area contributed by atoms with Gasteiger partial charge in [0.2, 0.25) is 11.8 Å². The number of nitrogens with zero attached hydrogens (tertiary/aromatic N) is 2. The van der Waals surface area contributed by atoms with Crippen LogP contribution in [-0.2, 0) is 16.0 Å². The van der Waals surface area contributed by atoms with Gasteiger partial charge < -0.3 is 10.2 Å². The highest BCUT2D eigenvalue weighted by atomic mass is 16.2. The number of fused-ring (bicyclic) bond motifs is 1. The molecule has 5 heteroatoms. The lowest BCUT2D eigenvalue weighted by Gasteiger charge is -2.26. The molecule has 0 spiro atoms. The molecular weight excluding hydrogens is 254 g/mol. The first-order chi connectivity index (χ1) is 9.54. The Hall–Kier alpha value is -2.35. The molecule has 0 saturated carbocycles. The summed E-state index contributed by atoms with van der Waals surface area (Å²) in [6, 6.07) is 9.00. The Balaban J connectivity index is 2.13. The highest BCUT2D eigenvalue weighted by Crippen LogP contribution is 2.32. The van der Waals surface area contributed by atoms with Crippen LogP contribution in [0.5, 0.6) is 0 Å². The van der Waals surface area contributed by atoms with E-state index in [0.717, 1.165) is 17.7 Å². The molecule has 0 radical (unpaired) electrons. The van der Waals surface area contributed by atoms with E-state index in [-0.39, 0.29) is 18.4 Å². The second-order valence-electron chi connectivity index (χ2n) is 5.01. The van der Waals surface area contributed by atoms with Gasteiger partial charge in [0.05, 0.1) is 6.07 Å². The first-order valence-electron chi connectivity index (χ1n) is 6.62. The molecule has 0 fully saturated rings. The lowest BCUT2D eigenvalue weighted by molar-refractivity contribution is -0.126. The zero-order valence-electron chi connectivity index (χ0n) is 11.6. The lowest BCUT2D eigenvalue weighted by Crippen LogP contribution is -2.48. The summed E-state index contributed by atoms with van der Waals surface area (Å²) >= 11 is 0. The van der Waals surface area contributed by atoms with Crippen LogP contribution in [0.25, 0.3) is 0 Å². The first kappa shape index (κ1) is 14.1. The summed E-state index contributed by atoms with van der Waals surface area (Å²) in [7, 11) is 0. The molecule has 104 valence electrons. The number of nitrogens with one attached hydrogen (secondary N) is 1. The molecule has 1 heterocycles. The van der Waals surface area contributed by atoms with Gasteiger partial charge in [0.1, 0.15) is 12.5 Å². The van der Waals surface area contributed by atoms with Crippen LogP contribution in [0, 0.1) is 11.3 Å². The molecule has 2 atom stereocenters. The molecule has 0 bridgehead atoms. The monoisotopic (exact) mass is 271 g/mol. The number of amides is 2. The van der Waals surface area contributed by atoms with Crippen LogP contribution in [0.15, 0.2) is 24.3 Å². The predicted octanol–water partition coefficient (Wildman–Crippen LogP) is 1.38. The van der Waals surface area contributed by atoms with E-state index in [1.54, 1.807) is 17.9 Å². The minimum absolute atomic E-state index is 0.0789. The maximum absolute atomic E-state index is 12.5. The fourth-order valence-corrected chi connectivity index (χ4v) is 2.54. The Kier molecular flexibility index (Phi) is 4.04. The van der Waals surface area contributed by atoms with Gasteiger partial charge in [-0.25, -0.2) is 0 Å². The minimum Gasteiger partial charge on any atom is -0.344 e. The number of hydrogen-bond donors (Lipinski definition) is 1. The van der Waals surface area contributed by atoms with Crippen molar-refractivity contribution in [2.24, 2.45) is 0 Å². The predicted molar refractivity (Wildman–Crippen MR) is 74.9 cm³/mol. The Morgan fingerprint density at radius 2 is 2.20 bits per heavy atom. The number of benzene rings is 1. The molecule has 1 aliphatic rings. The van der Waals surface area contributed by atoms with Gasteiger partial charge in [0.15, 0.2) is 0 Å². The van der Waals surface area contributed by atoms with Gasteiger partial charge in [0.25, 0.3) is 0 Å². The SMILES string of the molecule is C[C@@H](NC(=O)CC#N)C(=O)N1c2ccccc2C[C@@H]1C. The van der Waals surface area contributed by atoms with Gasteiger partial charge in [-0.3, -0.25) is 9.59 Å². The molecule has 1 aromatic carbocycles. The van der Waals surface area contributed by atoms with E-state index in [9.17, 15) is 9.59 Å². The average Bonchev–Trinajstić information content (AvgIpc) is 2.73. The summed E-state index contributed by atoms with van der Waals surface area (Å²) in [6.45, 7) is 3.63. The Morgan fingerprint density at radius 3 is 2.90 bits per heavy atom. The van der Waals surface area contributed by atoms with Crippen LogP contribution >= 0.6 is 0 Å². The molecule has 20 heavy (non-hydrogen) atoms. The number of carbonyl (C=O) groups is 2. The van der Waals surface area contributed by atoms with E-state index in [4.69, 9.17) is 5.26 Å². The summed E-state index contributed by atoms with van der Waals surface area (Å²) in [5, 5.41) is 11.0. The highest BCUT2D eigenvalue weighted by molar-refractivity contribution is 6.01. The van der Waals surface area contributed by atoms with Gasteiger partial charge in [-0.05, 0) is 31.9 Å². The molecule has 2 amide bonds. The average molecular weight is 271 g/mol. The fourth-order valence-electron chi connectivity index (χ4n) is 2.54. The van der Waals surface area contributed by atoms with Crippen LogP contribution in [0.1, 0.15) is 25.8 Å². The summed E-state index contributed by atoms with van der Waals surface area (Å²) in [5.74, 6) is -0.567. The number of rotatable bonds is 3. The molecule has 5 nitrogen and oxygen atoms in total. The molecule has 0 unspecified atom stereocenters. The van der Waals surface area contributed by atoms with E-state index in [1.165, 1.54) is 0 Å². The third-order valence-electron chi connectivity index (χ3n) is 3.43. The molecular formula is C15H17N3O2. The number of hydrogen-bond acceptors (Lipinski definition) is 3. The maximum atomic E-state index is 12.5. The van der Waals surface area contributed by atoms with Crippen molar-refractivity contribution < 1.29 is 9.59 Å². The van der Waals surface area contributed by atoms with Crippen molar-refractivity contribution in [1.29, 1.82) is 5.26 Å². The van der Waals surface area contributed by atoms with E-state index < -0.39 is 11.9 Å². The van der Waals surface area contributed by atoms with E-state index >= 15 is 0 Å². The molecule has 0 saturated heterocycles. The summed E-state index contributed by atoms with van der Waals surface area (Å²) in [4.78, 5) is 25.6. The fraction of sp³-hybridized carbons (Fsp3) is 0.400. The van der Waals surface area contributed by atoms with Gasteiger partial charge in [-0.15, -0.1) is 0 Å². The van der Waals surface area contributed by atoms with Crippen LogP contribution in [0.4, 0.5) is 5.69 Å². The van der Waals surface area contributed by atoms with Crippen molar-refractivity contribution in [3.8, 4) is 6.07 Å². The van der Waals surface area contributed by atoms with Crippen LogP contribution in [0.2, 0.25) is 0 Å². The number of nitriles is 1. The van der Waals surface area contributed by atoms with Crippen molar-refractivity contribution in [2.45, 2.75) is 38.8 Å². The van der Waals surface area contributed by atoms with Gasteiger partial charge in [0, 0.05) is 11.7 Å². The first-order valence-corrected chi connectivity index (χ1v) is 6.62. The normalized spacial score (nSPS) is 18.1. The second kappa shape index (κ2) is 5.74. The van der Waals surface area contributed by atoms with Crippen molar-refractivity contribution in [2.75, 3.05) is 4.90 Å². The minimum atomic E-state index is -0.635. The van der Waals surface area contributed by atoms with Gasteiger partial charge in [-0.2, -0.15) is 5.26 Å². The van der Waals surface area contributed by atoms with Crippen molar-refractivity contribution >= 4 is 17.5 Å². The zero-order chi connectivity index (χ0) is 14.7. The molecule has 0 aliphatic carbocycles. The Bertz CT molecular complexity index is 577. The maximum Gasteiger partial charge on any atom is 0.249 e. The Labute approximate surface area is 118 Å². The highest BCUT2D eigenvalue weighted by Gasteiger charge is 2.33. The van der Waals surface area contributed by atoms with Crippen LogP contribution in [0.3, 0.4) is 0 Å². The largest absolute Gasteiger partial charge is 0.344 e. The van der Waals surface area contributed by atoms with Crippen LogP contribution < -0.4 is 10.2 Å². The van der Waals surface area contributed by atoms with E-state index in [0.29, 0.717) is 0 Å². The molecule has 0 aromatic heterocycles. The summed E-state index contributed by atoms with van der Waals surface area (Å²) < 4.78 is 0. The second-order valence-corrected chi connectivity index (χ2v) is 5.01.